The Morgan fingerprint density at radius 3 is 2.16 bits per heavy atom. The van der Waals surface area contributed by atoms with Crippen molar-refractivity contribution in [3.05, 3.63) is 0 Å². The number of aliphatic hydroxyl groups is 1. The molecule has 0 heterocycles. The lowest BCUT2D eigenvalue weighted by Gasteiger charge is -2.43. The van der Waals surface area contributed by atoms with Crippen LogP contribution >= 0.6 is 0 Å². The van der Waals surface area contributed by atoms with Gasteiger partial charge in [-0.3, -0.25) is 9.69 Å². The van der Waals surface area contributed by atoms with Crippen LogP contribution in [0.15, 0.2) is 0 Å². The van der Waals surface area contributed by atoms with Crippen LogP contribution in [0.25, 0.3) is 0 Å². The Labute approximate surface area is 113 Å². The minimum atomic E-state index is -1.46. The molecule has 0 bridgehead atoms. The van der Waals surface area contributed by atoms with E-state index >= 15 is 0 Å². The number of hydrogen-bond donors (Lipinski definition) is 3. The summed E-state index contributed by atoms with van der Waals surface area (Å²) in [6.45, 7) is 5.22. The number of carbonyl (C=O) groups excluding carboxylic acids is 1. The zero-order valence-electron chi connectivity index (χ0n) is 11.8. The van der Waals surface area contributed by atoms with Crippen LogP contribution in [0.2, 0.25) is 0 Å². The minimum Gasteiger partial charge on any atom is -0.465 e. The van der Waals surface area contributed by atoms with Crippen molar-refractivity contribution in [2.24, 2.45) is 11.7 Å². The number of nitrogens with zero attached hydrogens (tertiary/aromatic N) is 1. The molecule has 0 unspecified atom stereocenters. The molecule has 1 aliphatic rings. The van der Waals surface area contributed by atoms with E-state index in [1.807, 2.05) is 0 Å². The van der Waals surface area contributed by atoms with E-state index in [9.17, 15) is 19.8 Å². The average molecular weight is 272 g/mol. The third-order valence-electron chi connectivity index (χ3n) is 3.72. The quantitative estimate of drug-likeness (QED) is 0.698. The number of primary amides is 1. The molecule has 0 saturated heterocycles. The maximum Gasteiger partial charge on any atom is 0.408 e. The first-order valence-electron chi connectivity index (χ1n) is 6.64. The molecule has 0 spiro atoms. The molecule has 1 saturated carbocycles. The van der Waals surface area contributed by atoms with Gasteiger partial charge in [-0.05, 0) is 33.1 Å². The van der Waals surface area contributed by atoms with Crippen molar-refractivity contribution in [3.63, 3.8) is 0 Å². The van der Waals surface area contributed by atoms with Gasteiger partial charge in [-0.1, -0.05) is 19.3 Å². The van der Waals surface area contributed by atoms with Gasteiger partial charge in [0.05, 0.1) is 6.04 Å². The van der Waals surface area contributed by atoms with Crippen molar-refractivity contribution >= 4 is 12.0 Å². The molecule has 0 aromatic rings. The summed E-state index contributed by atoms with van der Waals surface area (Å²) in [5.41, 5.74) is 4.45. The molecular weight excluding hydrogens is 248 g/mol. The zero-order chi connectivity index (χ0) is 14.8. The highest BCUT2D eigenvalue weighted by Gasteiger charge is 2.41. The third kappa shape index (κ3) is 3.83. The van der Waals surface area contributed by atoms with Crippen LogP contribution in [-0.4, -0.2) is 44.8 Å². The van der Waals surface area contributed by atoms with Crippen LogP contribution in [0.3, 0.4) is 0 Å². The molecule has 0 aromatic carbocycles. The fourth-order valence-corrected chi connectivity index (χ4v) is 2.56. The standard InChI is InChI=1S/C13H24N2O4/c1-13(2,3)15(12(18)19)9(10(16)11(14)17)7-8-5-4-6-8/h8-10,16H,4-7H2,1-3H3,(H2,14,17)(H,18,19)/t9-,10+/m1/s1. The molecule has 0 radical (unpaired) electrons. The second-order valence-corrected chi connectivity index (χ2v) is 6.27. The van der Waals surface area contributed by atoms with E-state index in [4.69, 9.17) is 5.73 Å². The van der Waals surface area contributed by atoms with Crippen molar-refractivity contribution in [2.45, 2.75) is 64.1 Å². The highest BCUT2D eigenvalue weighted by molar-refractivity contribution is 5.80. The number of carboxylic acid groups (broad SMARTS) is 1. The number of rotatable bonds is 5. The zero-order valence-corrected chi connectivity index (χ0v) is 11.8. The van der Waals surface area contributed by atoms with E-state index in [1.165, 1.54) is 0 Å². The second kappa shape index (κ2) is 5.77. The first kappa shape index (κ1) is 15.8. The Morgan fingerprint density at radius 2 is 1.89 bits per heavy atom. The predicted molar refractivity (Wildman–Crippen MR) is 70.6 cm³/mol. The number of nitrogens with two attached hydrogens (primary N) is 1. The summed E-state index contributed by atoms with van der Waals surface area (Å²) >= 11 is 0. The molecule has 1 rings (SSSR count). The first-order valence-corrected chi connectivity index (χ1v) is 6.64. The Kier molecular flexibility index (Phi) is 4.79. The van der Waals surface area contributed by atoms with Crippen molar-refractivity contribution in [1.82, 2.24) is 4.90 Å². The van der Waals surface area contributed by atoms with Gasteiger partial charge < -0.3 is 15.9 Å². The molecule has 2 amide bonds. The van der Waals surface area contributed by atoms with Gasteiger partial charge in [-0.25, -0.2) is 4.79 Å². The number of aliphatic hydroxyl groups excluding tert-OH is 1. The van der Waals surface area contributed by atoms with Crippen LogP contribution in [-0.2, 0) is 4.79 Å². The Balaban J connectivity index is 2.96. The summed E-state index contributed by atoms with van der Waals surface area (Å²) in [5, 5.41) is 19.3. The lowest BCUT2D eigenvalue weighted by atomic mass is 9.79. The predicted octanol–water partition coefficient (Wildman–Crippen LogP) is 1.17. The van der Waals surface area contributed by atoms with E-state index in [2.05, 4.69) is 0 Å². The van der Waals surface area contributed by atoms with E-state index in [0.717, 1.165) is 24.2 Å². The molecule has 0 aromatic heterocycles. The van der Waals surface area contributed by atoms with Crippen molar-refractivity contribution in [3.8, 4) is 0 Å². The maximum absolute atomic E-state index is 11.5. The van der Waals surface area contributed by atoms with Crippen molar-refractivity contribution in [1.29, 1.82) is 0 Å². The number of amides is 2. The van der Waals surface area contributed by atoms with E-state index < -0.39 is 29.7 Å². The summed E-state index contributed by atoms with van der Waals surface area (Å²) in [7, 11) is 0. The van der Waals surface area contributed by atoms with Crippen molar-refractivity contribution < 1.29 is 19.8 Å². The SMILES string of the molecule is CC(C)(C)N(C(=O)O)[C@H](CC1CCC1)[C@H](O)C(N)=O. The summed E-state index contributed by atoms with van der Waals surface area (Å²) in [6.07, 6.45) is 1.02. The Morgan fingerprint density at radius 1 is 1.37 bits per heavy atom. The minimum absolute atomic E-state index is 0.364. The first-order chi connectivity index (χ1) is 8.64. The monoisotopic (exact) mass is 272 g/mol. The number of hydrogen-bond acceptors (Lipinski definition) is 3. The lowest BCUT2D eigenvalue weighted by molar-refractivity contribution is -0.131. The van der Waals surface area contributed by atoms with E-state index in [-0.39, 0.29) is 0 Å². The molecule has 4 N–H and O–H groups in total. The van der Waals surface area contributed by atoms with Gasteiger partial charge >= 0.3 is 6.09 Å². The van der Waals surface area contributed by atoms with Gasteiger partial charge in [0.2, 0.25) is 5.91 Å². The van der Waals surface area contributed by atoms with Crippen LogP contribution in [0.4, 0.5) is 4.79 Å². The molecule has 1 aliphatic carbocycles. The number of carbonyl (C=O) groups is 2. The molecule has 19 heavy (non-hydrogen) atoms. The molecule has 6 nitrogen and oxygen atoms in total. The lowest BCUT2D eigenvalue weighted by Crippen LogP contribution is -2.58. The molecular formula is C13H24N2O4. The largest absolute Gasteiger partial charge is 0.465 e. The average Bonchev–Trinajstić information content (AvgIpc) is 2.17. The maximum atomic E-state index is 11.5. The van der Waals surface area contributed by atoms with Crippen LogP contribution in [0.5, 0.6) is 0 Å². The van der Waals surface area contributed by atoms with Crippen LogP contribution in [0.1, 0.15) is 46.5 Å². The summed E-state index contributed by atoms with van der Waals surface area (Å²) < 4.78 is 0. The summed E-state index contributed by atoms with van der Waals surface area (Å²) in [4.78, 5) is 23.9. The third-order valence-corrected chi connectivity index (χ3v) is 3.72. The van der Waals surface area contributed by atoms with Gasteiger partial charge in [0, 0.05) is 5.54 Å². The summed E-state index contributed by atoms with van der Waals surface area (Å²) in [6, 6.07) is -0.778. The van der Waals surface area contributed by atoms with Gasteiger partial charge in [-0.15, -0.1) is 0 Å². The van der Waals surface area contributed by atoms with Gasteiger partial charge in [0.25, 0.3) is 0 Å². The Bertz CT molecular complexity index is 347. The van der Waals surface area contributed by atoms with Gasteiger partial charge in [0.1, 0.15) is 0 Å². The second-order valence-electron chi connectivity index (χ2n) is 6.27. The molecule has 1 fully saturated rings. The van der Waals surface area contributed by atoms with E-state index in [0.29, 0.717) is 12.3 Å². The fraction of sp³-hybridized carbons (Fsp3) is 0.846. The Hall–Kier alpha value is -1.30. The van der Waals surface area contributed by atoms with Gasteiger partial charge in [-0.2, -0.15) is 0 Å². The van der Waals surface area contributed by atoms with Crippen molar-refractivity contribution in [2.75, 3.05) is 0 Å². The van der Waals surface area contributed by atoms with Gasteiger partial charge in [0.15, 0.2) is 6.10 Å². The highest BCUT2D eigenvalue weighted by Crippen LogP contribution is 2.34. The van der Waals surface area contributed by atoms with Crippen LogP contribution in [0, 0.1) is 5.92 Å². The topological polar surface area (TPSA) is 104 Å². The molecule has 6 heteroatoms. The smallest absolute Gasteiger partial charge is 0.408 e. The molecule has 0 aliphatic heterocycles. The fourth-order valence-electron chi connectivity index (χ4n) is 2.56. The molecule has 2 atom stereocenters. The van der Waals surface area contributed by atoms with Crippen LogP contribution < -0.4 is 5.73 Å². The normalized spacial score (nSPS) is 19.4. The molecule has 110 valence electrons. The highest BCUT2D eigenvalue weighted by atomic mass is 16.4. The van der Waals surface area contributed by atoms with E-state index in [1.54, 1.807) is 20.8 Å². The summed E-state index contributed by atoms with van der Waals surface area (Å²) in [5.74, 6) is -0.511.